The van der Waals surface area contributed by atoms with Crippen molar-refractivity contribution in [1.82, 2.24) is 19.0 Å². The van der Waals surface area contributed by atoms with Gasteiger partial charge in [-0.1, -0.05) is 23.8 Å². The second kappa shape index (κ2) is 10.3. The van der Waals surface area contributed by atoms with Gasteiger partial charge in [-0.3, -0.25) is 18.7 Å². The smallest absolute Gasteiger partial charge is 0.331 e. The van der Waals surface area contributed by atoms with Crippen molar-refractivity contribution in [1.29, 1.82) is 5.26 Å². The Balaban J connectivity index is 1.96. The van der Waals surface area contributed by atoms with Gasteiger partial charge in [-0.25, -0.2) is 4.79 Å². The summed E-state index contributed by atoms with van der Waals surface area (Å²) in [6.07, 6.45) is 1.97. The molecular weight excluding hydrogens is 460 g/mol. The van der Waals surface area contributed by atoms with Crippen LogP contribution in [0.25, 0.3) is 11.0 Å². The number of benzene rings is 1. The molecule has 3 aromatic rings. The fourth-order valence-electron chi connectivity index (χ4n) is 4.56. The first-order valence-electron chi connectivity index (χ1n) is 11.8. The van der Waals surface area contributed by atoms with Crippen molar-refractivity contribution in [3.8, 4) is 11.8 Å². The lowest BCUT2D eigenvalue weighted by atomic mass is 10.1. The van der Waals surface area contributed by atoms with Crippen LogP contribution in [0.4, 0.5) is 5.82 Å². The van der Waals surface area contributed by atoms with Crippen LogP contribution in [0.2, 0.25) is 0 Å². The first-order chi connectivity index (χ1) is 17.3. The van der Waals surface area contributed by atoms with E-state index in [2.05, 4.69) is 16.3 Å². The molecule has 0 saturated carbocycles. The molecule has 0 amide bonds. The fraction of sp³-hybridized carbons (Fsp3) is 0.385. The number of nitriles is 1. The van der Waals surface area contributed by atoms with Gasteiger partial charge in [0.25, 0.3) is 5.56 Å². The second-order valence-corrected chi connectivity index (χ2v) is 9.02. The number of piperazine rings is 1. The van der Waals surface area contributed by atoms with Crippen LogP contribution >= 0.6 is 0 Å². The van der Waals surface area contributed by atoms with Crippen molar-refractivity contribution in [3.05, 3.63) is 67.9 Å². The van der Waals surface area contributed by atoms with Gasteiger partial charge in [0.05, 0.1) is 19.2 Å². The molecule has 4 rings (SSSR count). The maximum atomic E-state index is 13.8. The highest BCUT2D eigenvalue weighted by atomic mass is 16.5. The monoisotopic (exact) mass is 490 g/mol. The molecule has 10 heteroatoms. The summed E-state index contributed by atoms with van der Waals surface area (Å²) >= 11 is 0. The van der Waals surface area contributed by atoms with Gasteiger partial charge in [-0.05, 0) is 26.0 Å². The lowest BCUT2D eigenvalue weighted by molar-refractivity contribution is 0.0968. The summed E-state index contributed by atoms with van der Waals surface area (Å²) in [5.74, 6) is 0.736. The molecule has 1 aliphatic heterocycles. The van der Waals surface area contributed by atoms with Crippen LogP contribution in [0.1, 0.15) is 29.8 Å². The number of methoxy groups -OCH3 is 1. The van der Waals surface area contributed by atoms with E-state index in [9.17, 15) is 19.6 Å². The van der Waals surface area contributed by atoms with Crippen molar-refractivity contribution >= 4 is 22.6 Å². The number of nitrogens with zero attached hydrogens (tertiary/aromatic N) is 5. The molecule has 1 N–H and O–H groups in total. The number of carbonyl (C=O) groups is 1. The number of Topliss-reactive ketones (excluding diaryl/α,β-unsaturated/α-hetero) is 1. The molecule has 36 heavy (non-hydrogen) atoms. The largest absolute Gasteiger partial charge is 0.497 e. The Morgan fingerprint density at radius 3 is 2.53 bits per heavy atom. The predicted molar refractivity (Wildman–Crippen MR) is 138 cm³/mol. The number of allylic oxidation sites excluding steroid dienone is 2. The van der Waals surface area contributed by atoms with Gasteiger partial charge < -0.3 is 19.5 Å². The molecule has 0 unspecified atom stereocenters. The number of fused-ring (bicyclic) bond motifs is 1. The van der Waals surface area contributed by atoms with Gasteiger partial charge in [-0.15, -0.1) is 0 Å². The number of aryl methyl sites for hydroxylation is 1. The summed E-state index contributed by atoms with van der Waals surface area (Å²) in [6.45, 7) is 6.67. The molecule has 2 aromatic heterocycles. The van der Waals surface area contributed by atoms with Crippen LogP contribution in [-0.2, 0) is 20.1 Å². The number of ketones is 1. The lowest BCUT2D eigenvalue weighted by Crippen LogP contribution is -2.44. The lowest BCUT2D eigenvalue weighted by Gasteiger charge is -2.30. The van der Waals surface area contributed by atoms with Crippen molar-refractivity contribution in [2.24, 2.45) is 7.05 Å². The number of anilines is 1. The molecule has 10 nitrogen and oxygen atoms in total. The van der Waals surface area contributed by atoms with Crippen LogP contribution in [-0.4, -0.2) is 52.8 Å². The summed E-state index contributed by atoms with van der Waals surface area (Å²) < 4.78 is 9.25. The Kier molecular flexibility index (Phi) is 7.12. The minimum atomic E-state index is -0.647. The number of rotatable bonds is 7. The van der Waals surface area contributed by atoms with Crippen LogP contribution in [0.5, 0.6) is 5.75 Å². The first-order valence-corrected chi connectivity index (χ1v) is 11.8. The van der Waals surface area contributed by atoms with Crippen molar-refractivity contribution < 1.29 is 9.53 Å². The highest BCUT2D eigenvalue weighted by Gasteiger charge is 2.28. The third-order valence-corrected chi connectivity index (χ3v) is 6.42. The maximum absolute atomic E-state index is 13.8. The molecule has 188 valence electrons. The number of nitrogens with one attached hydrogen (secondary N) is 1. The summed E-state index contributed by atoms with van der Waals surface area (Å²) in [5.41, 5.74) is 0.960. The first kappa shape index (κ1) is 25.0. The van der Waals surface area contributed by atoms with E-state index < -0.39 is 23.6 Å². The molecule has 0 atom stereocenters. The molecule has 0 radical (unpaired) electrons. The Morgan fingerprint density at radius 2 is 1.89 bits per heavy atom. The third-order valence-electron chi connectivity index (χ3n) is 6.42. The molecular formula is C26H30N6O4. The third kappa shape index (κ3) is 4.45. The van der Waals surface area contributed by atoms with Gasteiger partial charge >= 0.3 is 5.69 Å². The molecule has 0 aliphatic carbocycles. The van der Waals surface area contributed by atoms with E-state index in [-0.39, 0.29) is 16.6 Å². The molecule has 1 aliphatic rings. The average molecular weight is 491 g/mol. The van der Waals surface area contributed by atoms with E-state index in [1.165, 1.54) is 18.7 Å². The van der Waals surface area contributed by atoms with E-state index in [1.807, 2.05) is 19.9 Å². The minimum Gasteiger partial charge on any atom is -0.497 e. The Labute approximate surface area is 208 Å². The van der Waals surface area contributed by atoms with Gasteiger partial charge in [-0.2, -0.15) is 5.26 Å². The van der Waals surface area contributed by atoms with Crippen LogP contribution in [0.15, 0.2) is 45.5 Å². The van der Waals surface area contributed by atoms with Crippen LogP contribution < -0.4 is 26.2 Å². The van der Waals surface area contributed by atoms with Gasteiger partial charge in [0.2, 0.25) is 0 Å². The van der Waals surface area contributed by atoms with Gasteiger partial charge in [0.15, 0.2) is 5.78 Å². The standard InChI is InChI=1S/C26H30N6O4/c1-17(2)8-11-31-23-22(20(15-27)24(31)30-12-9-28-10-13-30)29(3)26(35)32(25(23)34)16-21(33)18-6-5-7-19(14-18)36-4/h5-8,14,28H,9-13,16H2,1-4H3. The summed E-state index contributed by atoms with van der Waals surface area (Å²) in [7, 11) is 3.03. The predicted octanol–water partition coefficient (Wildman–Crippen LogP) is 1.64. The zero-order chi connectivity index (χ0) is 26.0. The number of ether oxygens (including phenoxy) is 1. The molecule has 1 aromatic carbocycles. The van der Waals surface area contributed by atoms with Crippen LogP contribution in [0, 0.1) is 11.3 Å². The Bertz CT molecular complexity index is 1510. The molecule has 1 fully saturated rings. The second-order valence-electron chi connectivity index (χ2n) is 9.02. The van der Waals surface area contributed by atoms with E-state index in [0.717, 1.165) is 23.2 Å². The van der Waals surface area contributed by atoms with Gasteiger partial charge in [0, 0.05) is 45.3 Å². The molecule has 0 bridgehead atoms. The SMILES string of the molecule is COc1cccc(C(=O)Cn2c(=O)c3c(c(C#N)c(N4CCNCC4)n3CC=C(C)C)n(C)c2=O)c1. The van der Waals surface area contributed by atoms with Gasteiger partial charge in [0.1, 0.15) is 28.7 Å². The zero-order valence-corrected chi connectivity index (χ0v) is 21.0. The number of aromatic nitrogens is 3. The quantitative estimate of drug-likeness (QED) is 0.396. The van der Waals surface area contributed by atoms with E-state index in [4.69, 9.17) is 4.74 Å². The average Bonchev–Trinajstić information content (AvgIpc) is 3.23. The number of carbonyl (C=O) groups excluding carboxylic acids is 1. The highest BCUT2D eigenvalue weighted by molar-refractivity contribution is 5.96. The normalized spacial score (nSPS) is 13.5. The van der Waals surface area contributed by atoms with Crippen LogP contribution in [0.3, 0.4) is 0 Å². The van der Waals surface area contributed by atoms with E-state index in [0.29, 0.717) is 36.8 Å². The Hall–Kier alpha value is -4.10. The Morgan fingerprint density at radius 1 is 1.17 bits per heavy atom. The summed E-state index contributed by atoms with van der Waals surface area (Å²) in [5, 5.41) is 13.4. The van der Waals surface area contributed by atoms with Crippen molar-refractivity contribution in [3.63, 3.8) is 0 Å². The molecule has 1 saturated heterocycles. The molecule has 3 heterocycles. The summed E-state index contributed by atoms with van der Waals surface area (Å²) in [4.78, 5) is 42.3. The zero-order valence-electron chi connectivity index (χ0n) is 21.0. The number of hydrogen-bond donors (Lipinski definition) is 1. The highest BCUT2D eigenvalue weighted by Crippen LogP contribution is 2.31. The topological polar surface area (TPSA) is 114 Å². The molecule has 0 spiro atoms. The minimum absolute atomic E-state index is 0.234. The van der Waals surface area contributed by atoms with E-state index in [1.54, 1.807) is 28.8 Å². The summed E-state index contributed by atoms with van der Waals surface area (Å²) in [6, 6.07) is 8.83. The number of hydrogen-bond acceptors (Lipinski definition) is 7. The maximum Gasteiger partial charge on any atom is 0.331 e. The van der Waals surface area contributed by atoms with Crippen molar-refractivity contribution in [2.45, 2.75) is 26.9 Å². The fourth-order valence-corrected chi connectivity index (χ4v) is 4.56. The van der Waals surface area contributed by atoms with Crippen molar-refractivity contribution in [2.75, 3.05) is 38.2 Å². The van der Waals surface area contributed by atoms with E-state index >= 15 is 0 Å².